The summed E-state index contributed by atoms with van der Waals surface area (Å²) in [5.41, 5.74) is 2.65. The number of carbonyl (C=O) groups is 1. The van der Waals surface area contributed by atoms with E-state index in [9.17, 15) is 4.79 Å². The molecule has 2 unspecified atom stereocenters. The number of pyridine rings is 1. The maximum atomic E-state index is 10.8. The molecule has 0 aromatic carbocycles. The second-order valence-electron chi connectivity index (χ2n) is 5.23. The predicted molar refractivity (Wildman–Crippen MR) is 79.7 cm³/mol. The largest absolute Gasteiger partial charge is 0.481 e. The Hall–Kier alpha value is -1.60. The number of carboxylic acids is 1. The molecule has 1 aliphatic rings. The number of hydrogen-bond acceptors (Lipinski definition) is 5. The summed E-state index contributed by atoms with van der Waals surface area (Å²) in [4.78, 5) is 19.9. The highest BCUT2D eigenvalue weighted by Gasteiger charge is 2.30. The predicted octanol–water partition coefficient (Wildman–Crippen LogP) is 2.27. The lowest BCUT2D eigenvalue weighted by molar-refractivity contribution is -0.133. The highest BCUT2D eigenvalue weighted by atomic mass is 32.2. The van der Waals surface area contributed by atoms with Crippen LogP contribution in [0.3, 0.4) is 0 Å². The Morgan fingerprint density at radius 2 is 2.43 bits per heavy atom. The van der Waals surface area contributed by atoms with Crippen LogP contribution < -0.4 is 0 Å². The van der Waals surface area contributed by atoms with Gasteiger partial charge in [-0.05, 0) is 31.9 Å². The van der Waals surface area contributed by atoms with Crippen molar-refractivity contribution in [2.75, 3.05) is 12.4 Å². The number of aliphatic carboxylic acids is 1. The van der Waals surface area contributed by atoms with Gasteiger partial charge in [-0.3, -0.25) is 9.36 Å². The van der Waals surface area contributed by atoms with Crippen LogP contribution in [-0.2, 0) is 9.53 Å². The van der Waals surface area contributed by atoms with E-state index in [4.69, 9.17) is 9.84 Å². The van der Waals surface area contributed by atoms with E-state index < -0.39 is 5.97 Å². The number of carboxylic acid groups (broad SMARTS) is 1. The minimum Gasteiger partial charge on any atom is -0.481 e. The molecule has 2 aromatic rings. The molecule has 1 saturated heterocycles. The van der Waals surface area contributed by atoms with Crippen molar-refractivity contribution in [3.05, 3.63) is 17.8 Å². The van der Waals surface area contributed by atoms with Crippen molar-refractivity contribution in [3.63, 3.8) is 0 Å². The average molecular weight is 307 g/mol. The van der Waals surface area contributed by atoms with Gasteiger partial charge < -0.3 is 9.84 Å². The van der Waals surface area contributed by atoms with Crippen LogP contribution in [0, 0.1) is 6.92 Å². The fourth-order valence-electron chi connectivity index (χ4n) is 2.65. The van der Waals surface area contributed by atoms with Gasteiger partial charge >= 0.3 is 5.97 Å². The molecule has 0 aliphatic carbocycles. The molecule has 1 N–H and O–H groups in total. The van der Waals surface area contributed by atoms with Gasteiger partial charge in [-0.2, -0.15) is 0 Å². The summed E-state index contributed by atoms with van der Waals surface area (Å²) in [5.74, 6) is -0.858. The molecule has 2 atom stereocenters. The maximum Gasteiger partial charge on any atom is 0.313 e. The van der Waals surface area contributed by atoms with Crippen molar-refractivity contribution < 1.29 is 14.6 Å². The molecule has 1 aliphatic heterocycles. The first-order chi connectivity index (χ1) is 10.1. The molecule has 0 radical (unpaired) electrons. The standard InChI is InChI=1S/C14H17N3O3S/c1-8-5-10-13(15-6-8)17(11-3-4-20-9(11)2)14(16-10)21-7-12(18)19/h5-6,9,11H,3-4,7H2,1-2H3,(H,18,19). The molecule has 0 spiro atoms. The number of rotatable bonds is 4. The van der Waals surface area contributed by atoms with Gasteiger partial charge in [0.25, 0.3) is 0 Å². The number of imidazole rings is 1. The molecule has 7 heteroatoms. The molecule has 1 fully saturated rings. The number of hydrogen-bond donors (Lipinski definition) is 1. The van der Waals surface area contributed by atoms with Gasteiger partial charge in [-0.1, -0.05) is 11.8 Å². The smallest absolute Gasteiger partial charge is 0.313 e. The summed E-state index contributed by atoms with van der Waals surface area (Å²) in [6, 6.07) is 2.13. The summed E-state index contributed by atoms with van der Waals surface area (Å²) < 4.78 is 7.68. The number of aryl methyl sites for hydroxylation is 1. The zero-order chi connectivity index (χ0) is 15.0. The maximum absolute atomic E-state index is 10.8. The monoisotopic (exact) mass is 307 g/mol. The van der Waals surface area contributed by atoms with Crippen LogP contribution in [0.2, 0.25) is 0 Å². The third-order valence-electron chi connectivity index (χ3n) is 3.63. The molecule has 21 heavy (non-hydrogen) atoms. The van der Waals surface area contributed by atoms with Crippen molar-refractivity contribution in [3.8, 4) is 0 Å². The van der Waals surface area contributed by atoms with E-state index in [0.717, 1.165) is 23.1 Å². The van der Waals surface area contributed by atoms with Gasteiger partial charge in [-0.25, -0.2) is 9.97 Å². The Balaban J connectivity index is 2.08. The lowest BCUT2D eigenvalue weighted by atomic mass is 10.1. The van der Waals surface area contributed by atoms with Crippen molar-refractivity contribution in [2.24, 2.45) is 0 Å². The lowest BCUT2D eigenvalue weighted by Gasteiger charge is -2.18. The number of nitrogens with zero attached hydrogens (tertiary/aromatic N) is 3. The summed E-state index contributed by atoms with van der Waals surface area (Å²) >= 11 is 1.23. The first kappa shape index (κ1) is 14.3. The molecule has 3 rings (SSSR count). The van der Waals surface area contributed by atoms with Crippen LogP contribution >= 0.6 is 11.8 Å². The SMILES string of the molecule is Cc1cnc2c(c1)nc(SCC(=O)O)n2C1CCOC1C. The van der Waals surface area contributed by atoms with E-state index in [2.05, 4.69) is 9.97 Å². The molecule has 3 heterocycles. The summed E-state index contributed by atoms with van der Waals surface area (Å²) in [6.45, 7) is 4.71. The first-order valence-electron chi connectivity index (χ1n) is 6.87. The number of fused-ring (bicyclic) bond motifs is 1. The van der Waals surface area contributed by atoms with Crippen molar-refractivity contribution in [1.29, 1.82) is 0 Å². The van der Waals surface area contributed by atoms with Gasteiger partial charge in [-0.15, -0.1) is 0 Å². The minimum absolute atomic E-state index is 0.00966. The highest BCUT2D eigenvalue weighted by Crippen LogP contribution is 2.34. The minimum atomic E-state index is -0.849. The molecule has 2 aromatic heterocycles. The topological polar surface area (TPSA) is 77.2 Å². The Morgan fingerprint density at radius 3 is 3.10 bits per heavy atom. The summed E-state index contributed by atoms with van der Waals surface area (Å²) in [7, 11) is 0. The third-order valence-corrected chi connectivity index (χ3v) is 4.56. The Kier molecular flexibility index (Phi) is 3.86. The number of thioether (sulfide) groups is 1. The van der Waals surface area contributed by atoms with E-state index >= 15 is 0 Å². The molecule has 0 bridgehead atoms. The van der Waals surface area contributed by atoms with Gasteiger partial charge in [0.2, 0.25) is 0 Å². The molecule has 0 amide bonds. The number of ether oxygens (including phenoxy) is 1. The second-order valence-corrected chi connectivity index (χ2v) is 6.18. The van der Waals surface area contributed by atoms with Gasteiger partial charge in [0.05, 0.1) is 17.9 Å². The fourth-order valence-corrected chi connectivity index (χ4v) is 3.42. The second kappa shape index (κ2) is 5.65. The quantitative estimate of drug-likeness (QED) is 0.873. The molecule has 6 nitrogen and oxygen atoms in total. The van der Waals surface area contributed by atoms with Crippen molar-refractivity contribution >= 4 is 28.9 Å². The van der Waals surface area contributed by atoms with Crippen LogP contribution in [0.25, 0.3) is 11.2 Å². The van der Waals surface area contributed by atoms with Gasteiger partial charge in [0, 0.05) is 12.8 Å². The highest BCUT2D eigenvalue weighted by molar-refractivity contribution is 7.99. The summed E-state index contributed by atoms with van der Waals surface area (Å²) in [5, 5.41) is 9.61. The van der Waals surface area contributed by atoms with Crippen LogP contribution in [0.1, 0.15) is 24.9 Å². The van der Waals surface area contributed by atoms with E-state index in [1.54, 1.807) is 0 Å². The van der Waals surface area contributed by atoms with Crippen LogP contribution in [-0.4, -0.2) is 44.1 Å². The zero-order valence-corrected chi connectivity index (χ0v) is 12.8. The van der Waals surface area contributed by atoms with Crippen LogP contribution in [0.15, 0.2) is 17.4 Å². The van der Waals surface area contributed by atoms with Crippen molar-refractivity contribution in [2.45, 2.75) is 37.6 Å². The van der Waals surface area contributed by atoms with E-state index in [-0.39, 0.29) is 17.9 Å². The Labute approximate surface area is 126 Å². The Morgan fingerprint density at radius 1 is 1.62 bits per heavy atom. The van der Waals surface area contributed by atoms with E-state index in [1.807, 2.05) is 30.7 Å². The van der Waals surface area contributed by atoms with Gasteiger partial charge in [0.15, 0.2) is 10.8 Å². The number of aromatic nitrogens is 3. The van der Waals surface area contributed by atoms with Crippen LogP contribution in [0.5, 0.6) is 0 Å². The molecule has 0 saturated carbocycles. The van der Waals surface area contributed by atoms with E-state index in [0.29, 0.717) is 11.8 Å². The van der Waals surface area contributed by atoms with E-state index in [1.165, 1.54) is 11.8 Å². The van der Waals surface area contributed by atoms with Gasteiger partial charge in [0.1, 0.15) is 5.52 Å². The summed E-state index contributed by atoms with van der Waals surface area (Å²) in [6.07, 6.45) is 2.78. The molecule has 112 valence electrons. The molecular weight excluding hydrogens is 290 g/mol. The Bertz CT molecular complexity index is 685. The third kappa shape index (κ3) is 2.75. The zero-order valence-electron chi connectivity index (χ0n) is 11.9. The lowest BCUT2D eigenvalue weighted by Crippen LogP contribution is -2.18. The molecular formula is C14H17N3O3S. The van der Waals surface area contributed by atoms with Crippen LogP contribution in [0.4, 0.5) is 0 Å². The average Bonchev–Trinajstić information content (AvgIpc) is 2.98. The first-order valence-corrected chi connectivity index (χ1v) is 7.85. The normalized spacial score (nSPS) is 22.0. The van der Waals surface area contributed by atoms with Crippen molar-refractivity contribution in [1.82, 2.24) is 14.5 Å². The fraction of sp³-hybridized carbons (Fsp3) is 0.500.